The first-order chi connectivity index (χ1) is 17.0. The van der Waals surface area contributed by atoms with Crippen LogP contribution in [0.5, 0.6) is 0 Å². The third-order valence-electron chi connectivity index (χ3n) is 5.30. The quantitative estimate of drug-likeness (QED) is 0.402. The minimum atomic E-state index is -0.693. The molecule has 192 valence electrons. The number of unbranched alkanes of at least 4 members (excludes halogenated alkanes) is 1. The van der Waals surface area contributed by atoms with E-state index in [1.54, 1.807) is 12.0 Å². The van der Waals surface area contributed by atoms with E-state index in [1.807, 2.05) is 37.3 Å². The zero-order chi connectivity index (χ0) is 25.5. The molecule has 0 bridgehead atoms. The number of thiazole rings is 1. The first-order valence-electron chi connectivity index (χ1n) is 12.0. The van der Waals surface area contributed by atoms with Crippen LogP contribution in [0, 0.1) is 0 Å². The number of aliphatic carboxylic acids is 1. The van der Waals surface area contributed by atoms with Crippen molar-refractivity contribution in [3.63, 3.8) is 0 Å². The van der Waals surface area contributed by atoms with E-state index in [2.05, 4.69) is 15.6 Å². The largest absolute Gasteiger partial charge is 0.481 e. The fraction of sp³-hybridized carbons (Fsp3) is 0.520. The zero-order valence-corrected chi connectivity index (χ0v) is 21.4. The number of carbonyl (C=O) groups excluding carboxylic acids is 2. The Labute approximate surface area is 210 Å². The van der Waals surface area contributed by atoms with Gasteiger partial charge in [-0.2, -0.15) is 0 Å². The predicted octanol–water partition coefficient (Wildman–Crippen LogP) is 2.81. The number of carbonyl (C=O) groups is 3. The molecule has 0 aliphatic carbocycles. The molecule has 0 spiro atoms. The maximum absolute atomic E-state index is 12.7. The van der Waals surface area contributed by atoms with Gasteiger partial charge < -0.3 is 25.4 Å². The van der Waals surface area contributed by atoms with Crippen LogP contribution in [0.1, 0.15) is 48.0 Å². The number of aromatic nitrogens is 1. The molecule has 1 aliphatic rings. The molecule has 1 aromatic carbocycles. The third-order valence-corrected chi connectivity index (χ3v) is 6.46. The average molecular weight is 505 g/mol. The zero-order valence-electron chi connectivity index (χ0n) is 20.5. The summed E-state index contributed by atoms with van der Waals surface area (Å²) in [5.74, 6) is -1.05. The van der Waals surface area contributed by atoms with E-state index in [4.69, 9.17) is 9.84 Å². The highest BCUT2D eigenvalue weighted by atomic mass is 32.1. The fourth-order valence-corrected chi connectivity index (χ4v) is 4.48. The first-order valence-corrected chi connectivity index (χ1v) is 12.8. The molecule has 1 saturated heterocycles. The summed E-state index contributed by atoms with van der Waals surface area (Å²) >= 11 is 1.52. The topological polar surface area (TPSA) is 121 Å². The standard InChI is InChI=1S/C20H26N4O3S.C5H10O2/c1-27-13-5-8-16-18(23-20(28-16)15-6-3-2-4-7-15)19(26)22-14-17(25)24-11-9-21-10-12-24;1-2-3-4-5(6)7/h2-4,6-7,21H,5,8-14H2,1H3,(H,22,26);2-4H2,1H3,(H,6,7). The lowest BCUT2D eigenvalue weighted by atomic mass is 10.2. The smallest absolute Gasteiger partial charge is 0.303 e. The normalized spacial score (nSPS) is 13.0. The number of aryl methyl sites for hydroxylation is 1. The van der Waals surface area contributed by atoms with E-state index in [9.17, 15) is 14.4 Å². The Morgan fingerprint density at radius 3 is 2.49 bits per heavy atom. The van der Waals surface area contributed by atoms with Crippen molar-refractivity contribution in [3.8, 4) is 10.6 Å². The number of benzene rings is 1. The molecule has 9 nitrogen and oxygen atoms in total. The fourth-order valence-electron chi connectivity index (χ4n) is 3.37. The van der Waals surface area contributed by atoms with E-state index >= 15 is 0 Å². The van der Waals surface area contributed by atoms with Crippen LogP contribution in [0.4, 0.5) is 0 Å². The Bertz CT molecular complexity index is 929. The Kier molecular flexibility index (Phi) is 13.0. The molecule has 3 rings (SSSR count). The van der Waals surface area contributed by atoms with Gasteiger partial charge in [0.15, 0.2) is 0 Å². The van der Waals surface area contributed by atoms with Gasteiger partial charge in [-0.25, -0.2) is 4.98 Å². The SMILES string of the molecule is CCCCC(=O)O.COCCCc1sc(-c2ccccc2)nc1C(=O)NCC(=O)N1CCNCC1. The van der Waals surface area contributed by atoms with Crippen LogP contribution in [0.15, 0.2) is 30.3 Å². The predicted molar refractivity (Wildman–Crippen MR) is 137 cm³/mol. The van der Waals surface area contributed by atoms with Gasteiger partial charge in [0.25, 0.3) is 5.91 Å². The molecule has 2 aromatic rings. The Morgan fingerprint density at radius 1 is 1.17 bits per heavy atom. The lowest BCUT2D eigenvalue weighted by Crippen LogP contribution is -2.49. The number of piperazine rings is 1. The minimum Gasteiger partial charge on any atom is -0.481 e. The summed E-state index contributed by atoms with van der Waals surface area (Å²) < 4.78 is 5.13. The number of nitrogens with one attached hydrogen (secondary N) is 2. The molecule has 0 unspecified atom stereocenters. The highest BCUT2D eigenvalue weighted by Crippen LogP contribution is 2.29. The summed E-state index contributed by atoms with van der Waals surface area (Å²) in [4.78, 5) is 42.1. The van der Waals surface area contributed by atoms with E-state index in [1.165, 1.54) is 11.3 Å². The van der Waals surface area contributed by atoms with Crippen LogP contribution < -0.4 is 10.6 Å². The van der Waals surface area contributed by atoms with Crippen molar-refractivity contribution in [2.75, 3.05) is 46.4 Å². The third kappa shape index (κ3) is 10.1. The lowest BCUT2D eigenvalue weighted by Gasteiger charge is -2.27. The van der Waals surface area contributed by atoms with Crippen molar-refractivity contribution in [2.24, 2.45) is 0 Å². The van der Waals surface area contributed by atoms with Gasteiger partial charge in [0, 0.05) is 56.8 Å². The molecule has 1 aliphatic heterocycles. The molecule has 0 radical (unpaired) electrons. The summed E-state index contributed by atoms with van der Waals surface area (Å²) in [6.07, 6.45) is 3.61. The van der Waals surface area contributed by atoms with Crippen molar-refractivity contribution in [3.05, 3.63) is 40.9 Å². The molecule has 10 heteroatoms. The summed E-state index contributed by atoms with van der Waals surface area (Å²) in [7, 11) is 1.66. The number of ether oxygens (including phenoxy) is 1. The van der Waals surface area contributed by atoms with Gasteiger partial charge >= 0.3 is 5.97 Å². The Hall–Kier alpha value is -2.82. The van der Waals surface area contributed by atoms with Crippen LogP contribution in [0.3, 0.4) is 0 Å². The number of carboxylic acids is 1. The molecule has 2 heterocycles. The van der Waals surface area contributed by atoms with E-state index in [0.717, 1.165) is 47.8 Å². The van der Waals surface area contributed by atoms with Crippen molar-refractivity contribution >= 4 is 29.1 Å². The van der Waals surface area contributed by atoms with Gasteiger partial charge in [0.05, 0.1) is 6.54 Å². The molecule has 0 saturated carbocycles. The van der Waals surface area contributed by atoms with Crippen molar-refractivity contribution in [1.82, 2.24) is 20.5 Å². The molecule has 0 atom stereocenters. The van der Waals surface area contributed by atoms with Crippen molar-refractivity contribution in [1.29, 1.82) is 0 Å². The number of hydrogen-bond acceptors (Lipinski definition) is 7. The van der Waals surface area contributed by atoms with Gasteiger partial charge in [-0.05, 0) is 19.3 Å². The van der Waals surface area contributed by atoms with E-state index in [0.29, 0.717) is 38.2 Å². The second kappa shape index (κ2) is 16.0. The maximum Gasteiger partial charge on any atom is 0.303 e. The molecular formula is C25H36N4O5S. The molecule has 1 aromatic heterocycles. The second-order valence-corrected chi connectivity index (χ2v) is 9.15. The molecule has 2 amide bonds. The number of methoxy groups -OCH3 is 1. The number of hydrogen-bond donors (Lipinski definition) is 3. The number of carboxylic acid groups (broad SMARTS) is 1. The van der Waals surface area contributed by atoms with Crippen LogP contribution in [0.25, 0.3) is 10.6 Å². The summed E-state index contributed by atoms with van der Waals surface area (Å²) in [5.41, 5.74) is 1.39. The Morgan fingerprint density at radius 2 is 1.89 bits per heavy atom. The van der Waals surface area contributed by atoms with Gasteiger partial charge in [-0.15, -0.1) is 11.3 Å². The van der Waals surface area contributed by atoms with Crippen LogP contribution in [0.2, 0.25) is 0 Å². The van der Waals surface area contributed by atoms with Crippen LogP contribution >= 0.6 is 11.3 Å². The lowest BCUT2D eigenvalue weighted by molar-refractivity contribution is -0.137. The molecule has 1 fully saturated rings. The highest BCUT2D eigenvalue weighted by molar-refractivity contribution is 7.15. The second-order valence-electron chi connectivity index (χ2n) is 8.06. The summed E-state index contributed by atoms with van der Waals surface area (Å²) in [6.45, 7) is 5.52. The van der Waals surface area contributed by atoms with Gasteiger partial charge in [-0.1, -0.05) is 43.7 Å². The summed E-state index contributed by atoms with van der Waals surface area (Å²) in [6, 6.07) is 9.81. The van der Waals surface area contributed by atoms with Gasteiger partial charge in [-0.3, -0.25) is 14.4 Å². The number of rotatable bonds is 11. The van der Waals surface area contributed by atoms with Gasteiger partial charge in [0.2, 0.25) is 5.91 Å². The minimum absolute atomic E-state index is 0.00542. The monoisotopic (exact) mass is 504 g/mol. The Balaban J connectivity index is 0.000000540. The van der Waals surface area contributed by atoms with Crippen LogP contribution in [-0.2, 0) is 20.7 Å². The van der Waals surface area contributed by atoms with E-state index < -0.39 is 5.97 Å². The highest BCUT2D eigenvalue weighted by Gasteiger charge is 2.21. The molecule has 35 heavy (non-hydrogen) atoms. The summed E-state index contributed by atoms with van der Waals surface area (Å²) in [5, 5.41) is 14.8. The maximum atomic E-state index is 12.7. The van der Waals surface area contributed by atoms with Crippen LogP contribution in [-0.4, -0.2) is 79.2 Å². The average Bonchev–Trinajstić information content (AvgIpc) is 3.31. The number of nitrogens with zero attached hydrogens (tertiary/aromatic N) is 2. The first kappa shape index (κ1) is 28.4. The van der Waals surface area contributed by atoms with Gasteiger partial charge in [0.1, 0.15) is 10.7 Å². The van der Waals surface area contributed by atoms with Crippen molar-refractivity contribution in [2.45, 2.75) is 39.0 Å². The molecule has 3 N–H and O–H groups in total. The molecular weight excluding hydrogens is 468 g/mol. The number of amides is 2. The van der Waals surface area contributed by atoms with E-state index in [-0.39, 0.29) is 18.4 Å². The van der Waals surface area contributed by atoms with Crippen molar-refractivity contribution < 1.29 is 24.2 Å².